The number of hydrogen-bond acceptors (Lipinski definition) is 5. The number of carbonyl (C=O) groups is 2. The molecule has 0 saturated carbocycles. The lowest BCUT2D eigenvalue weighted by atomic mass is 10.1. The Bertz CT molecular complexity index is 585. The molecule has 1 atom stereocenters. The molecule has 1 aliphatic rings. The van der Waals surface area contributed by atoms with E-state index in [1.165, 1.54) is 16.7 Å². The van der Waals surface area contributed by atoms with Gasteiger partial charge in [0.05, 0.1) is 18.7 Å². The van der Waals surface area contributed by atoms with Crippen molar-refractivity contribution in [2.45, 2.75) is 13.3 Å². The molecule has 0 spiro atoms. The second-order valence-electron chi connectivity index (χ2n) is 4.45. The molecule has 1 aliphatic heterocycles. The Balaban J connectivity index is 2.36. The maximum atomic E-state index is 12.0. The molecule has 0 radical (unpaired) electrons. The van der Waals surface area contributed by atoms with Crippen LogP contribution in [0.25, 0.3) is 0 Å². The number of methoxy groups -OCH3 is 1. The fourth-order valence-electron chi connectivity index (χ4n) is 2.32. The van der Waals surface area contributed by atoms with Crippen LogP contribution in [0.3, 0.4) is 0 Å². The standard InChI is InChI=1S/C12H14N4O3/c1-7-9(5-13)11(15(2)14-7)16-6-8(4-10(16)17)12(18)19-3/h8H,4,6H2,1-3H3. The van der Waals surface area contributed by atoms with Crippen LogP contribution in [-0.4, -0.2) is 35.3 Å². The Hall–Kier alpha value is -2.36. The average Bonchev–Trinajstić information content (AvgIpc) is 2.88. The number of nitrogens with zero attached hydrogens (tertiary/aromatic N) is 4. The summed E-state index contributed by atoms with van der Waals surface area (Å²) in [4.78, 5) is 24.9. The molecule has 0 aliphatic carbocycles. The number of aromatic nitrogens is 2. The van der Waals surface area contributed by atoms with Crippen molar-refractivity contribution in [3.8, 4) is 6.07 Å². The van der Waals surface area contributed by atoms with E-state index in [1.54, 1.807) is 14.0 Å². The Labute approximate surface area is 110 Å². The molecule has 0 bridgehead atoms. The number of amides is 1. The second kappa shape index (κ2) is 4.72. The largest absolute Gasteiger partial charge is 0.469 e. The number of esters is 1. The number of hydrogen-bond donors (Lipinski definition) is 0. The first-order chi connectivity index (χ1) is 8.99. The van der Waals surface area contributed by atoms with Gasteiger partial charge in [0.2, 0.25) is 5.91 Å². The minimum absolute atomic E-state index is 0.0990. The lowest BCUT2D eigenvalue weighted by molar-refractivity contribution is -0.145. The van der Waals surface area contributed by atoms with E-state index in [-0.39, 0.29) is 18.9 Å². The van der Waals surface area contributed by atoms with Gasteiger partial charge in [-0.3, -0.25) is 19.2 Å². The van der Waals surface area contributed by atoms with Crippen LogP contribution in [0.15, 0.2) is 0 Å². The molecule has 7 heteroatoms. The highest BCUT2D eigenvalue weighted by Gasteiger charge is 2.38. The summed E-state index contributed by atoms with van der Waals surface area (Å²) in [5.74, 6) is -0.654. The van der Waals surface area contributed by atoms with Gasteiger partial charge >= 0.3 is 5.97 Å². The monoisotopic (exact) mass is 262 g/mol. The fraction of sp³-hybridized carbons (Fsp3) is 0.500. The minimum Gasteiger partial charge on any atom is -0.469 e. The van der Waals surface area contributed by atoms with E-state index in [4.69, 9.17) is 5.26 Å². The van der Waals surface area contributed by atoms with Crippen molar-refractivity contribution in [1.29, 1.82) is 5.26 Å². The van der Waals surface area contributed by atoms with Crippen LogP contribution in [0.5, 0.6) is 0 Å². The average molecular weight is 262 g/mol. The van der Waals surface area contributed by atoms with Crippen LogP contribution in [0.1, 0.15) is 17.7 Å². The van der Waals surface area contributed by atoms with Crippen molar-refractivity contribution in [1.82, 2.24) is 9.78 Å². The van der Waals surface area contributed by atoms with Crippen molar-refractivity contribution in [2.75, 3.05) is 18.6 Å². The van der Waals surface area contributed by atoms with Crippen LogP contribution in [0, 0.1) is 24.2 Å². The first-order valence-corrected chi connectivity index (χ1v) is 5.81. The Morgan fingerprint density at radius 2 is 2.26 bits per heavy atom. The summed E-state index contributed by atoms with van der Waals surface area (Å²) in [7, 11) is 2.96. The van der Waals surface area contributed by atoms with Gasteiger partial charge in [0.25, 0.3) is 0 Å². The molecule has 1 unspecified atom stereocenters. The molecular formula is C12H14N4O3. The molecule has 100 valence electrons. The van der Waals surface area contributed by atoms with E-state index in [0.717, 1.165) is 0 Å². The van der Waals surface area contributed by atoms with Crippen molar-refractivity contribution < 1.29 is 14.3 Å². The lowest BCUT2D eigenvalue weighted by Gasteiger charge is -2.16. The van der Waals surface area contributed by atoms with Gasteiger partial charge in [-0.15, -0.1) is 0 Å². The molecule has 19 heavy (non-hydrogen) atoms. The maximum Gasteiger partial charge on any atom is 0.311 e. The number of anilines is 1. The van der Waals surface area contributed by atoms with Gasteiger partial charge in [-0.1, -0.05) is 0 Å². The summed E-state index contributed by atoms with van der Waals surface area (Å²) in [5.41, 5.74) is 0.927. The van der Waals surface area contributed by atoms with Crippen LogP contribution < -0.4 is 4.90 Å². The first-order valence-electron chi connectivity index (χ1n) is 5.81. The minimum atomic E-state index is -0.487. The Morgan fingerprint density at radius 1 is 1.58 bits per heavy atom. The number of ether oxygens (including phenoxy) is 1. The van der Waals surface area contributed by atoms with E-state index in [1.807, 2.05) is 6.07 Å². The topological polar surface area (TPSA) is 88.2 Å². The van der Waals surface area contributed by atoms with Crippen LogP contribution in [-0.2, 0) is 21.4 Å². The molecule has 2 heterocycles. The summed E-state index contributed by atoms with van der Waals surface area (Å²) < 4.78 is 6.14. The van der Waals surface area contributed by atoms with Crippen LogP contribution in [0.4, 0.5) is 5.82 Å². The van der Waals surface area contributed by atoms with Crippen LogP contribution >= 0.6 is 0 Å². The van der Waals surface area contributed by atoms with E-state index in [0.29, 0.717) is 17.1 Å². The summed E-state index contributed by atoms with van der Waals surface area (Å²) in [6.07, 6.45) is 0.0990. The van der Waals surface area contributed by atoms with Crippen LogP contribution in [0.2, 0.25) is 0 Å². The second-order valence-corrected chi connectivity index (χ2v) is 4.45. The van der Waals surface area contributed by atoms with Gasteiger partial charge in [0.15, 0.2) is 5.82 Å². The highest BCUT2D eigenvalue weighted by molar-refractivity contribution is 5.99. The Morgan fingerprint density at radius 3 is 2.84 bits per heavy atom. The molecule has 0 N–H and O–H groups in total. The smallest absolute Gasteiger partial charge is 0.311 e. The summed E-state index contributed by atoms with van der Waals surface area (Å²) in [6, 6.07) is 2.05. The zero-order valence-electron chi connectivity index (χ0n) is 11.0. The predicted octanol–water partition coefficient (Wildman–Crippen LogP) is 0.126. The van der Waals surface area contributed by atoms with Gasteiger partial charge in [-0.05, 0) is 6.92 Å². The third-order valence-electron chi connectivity index (χ3n) is 3.22. The molecule has 1 aromatic heterocycles. The van der Waals surface area contributed by atoms with E-state index < -0.39 is 11.9 Å². The number of carbonyl (C=O) groups excluding carboxylic acids is 2. The molecule has 0 aromatic carbocycles. The summed E-state index contributed by atoms with van der Waals surface area (Å²) in [6.45, 7) is 1.93. The van der Waals surface area contributed by atoms with Gasteiger partial charge < -0.3 is 4.74 Å². The zero-order chi connectivity index (χ0) is 14.2. The number of rotatable bonds is 2. The summed E-state index contributed by atoms with van der Waals surface area (Å²) >= 11 is 0. The van der Waals surface area contributed by atoms with E-state index >= 15 is 0 Å². The van der Waals surface area contributed by atoms with Crippen molar-refractivity contribution in [3.63, 3.8) is 0 Å². The highest BCUT2D eigenvalue weighted by atomic mass is 16.5. The molecule has 1 aromatic rings. The van der Waals surface area contributed by atoms with Crippen molar-refractivity contribution >= 4 is 17.7 Å². The third kappa shape index (κ3) is 2.05. The SMILES string of the molecule is COC(=O)C1CC(=O)N(c2c(C#N)c(C)nn2C)C1. The Kier molecular flexibility index (Phi) is 3.25. The quantitative estimate of drug-likeness (QED) is 0.707. The fourth-order valence-corrected chi connectivity index (χ4v) is 2.32. The molecular weight excluding hydrogens is 248 g/mol. The van der Waals surface area contributed by atoms with Gasteiger partial charge in [-0.25, -0.2) is 0 Å². The third-order valence-corrected chi connectivity index (χ3v) is 3.22. The van der Waals surface area contributed by atoms with Crippen molar-refractivity contribution in [2.24, 2.45) is 13.0 Å². The lowest BCUT2D eigenvalue weighted by Crippen LogP contribution is -2.28. The predicted molar refractivity (Wildman–Crippen MR) is 65.1 cm³/mol. The molecule has 1 saturated heterocycles. The zero-order valence-corrected chi connectivity index (χ0v) is 11.0. The summed E-state index contributed by atoms with van der Waals surface area (Å²) in [5, 5.41) is 13.3. The highest BCUT2D eigenvalue weighted by Crippen LogP contribution is 2.29. The molecule has 1 amide bonds. The molecule has 2 rings (SSSR count). The van der Waals surface area contributed by atoms with E-state index in [2.05, 4.69) is 9.84 Å². The van der Waals surface area contributed by atoms with Gasteiger partial charge in [0, 0.05) is 20.0 Å². The van der Waals surface area contributed by atoms with E-state index in [9.17, 15) is 9.59 Å². The number of aryl methyl sites for hydroxylation is 2. The van der Waals surface area contributed by atoms with Gasteiger partial charge in [0.1, 0.15) is 11.6 Å². The normalized spacial score (nSPS) is 18.5. The first kappa shape index (κ1) is 13.1. The van der Waals surface area contributed by atoms with Gasteiger partial charge in [-0.2, -0.15) is 10.4 Å². The molecule has 1 fully saturated rings. The van der Waals surface area contributed by atoms with Crippen molar-refractivity contribution in [3.05, 3.63) is 11.3 Å². The maximum absolute atomic E-state index is 12.0. The number of nitriles is 1. The molecule has 7 nitrogen and oxygen atoms in total.